The Morgan fingerprint density at radius 3 is 2.67 bits per heavy atom. The Kier molecular flexibility index (Phi) is 3.83. The first-order valence-corrected chi connectivity index (χ1v) is 7.41. The quantitative estimate of drug-likeness (QED) is 0.741. The molecular formula is C14H10FN3O2S. The Bertz CT molecular complexity index is 759. The highest BCUT2D eigenvalue weighted by atomic mass is 32.2. The maximum Gasteiger partial charge on any atom is 0.308 e. The van der Waals surface area contributed by atoms with E-state index in [1.54, 1.807) is 18.5 Å². The van der Waals surface area contributed by atoms with Crippen LogP contribution in [0.5, 0.6) is 0 Å². The average molecular weight is 303 g/mol. The zero-order chi connectivity index (χ0) is 14.7. The fourth-order valence-corrected chi connectivity index (χ4v) is 2.61. The van der Waals surface area contributed by atoms with Crippen LogP contribution in [0.1, 0.15) is 5.56 Å². The van der Waals surface area contributed by atoms with Crippen molar-refractivity contribution in [3.8, 4) is 11.5 Å². The Morgan fingerprint density at radius 2 is 1.95 bits per heavy atom. The molecule has 0 aliphatic rings. The van der Waals surface area contributed by atoms with E-state index in [9.17, 15) is 8.60 Å². The molecule has 0 amide bonds. The molecule has 5 nitrogen and oxygen atoms in total. The summed E-state index contributed by atoms with van der Waals surface area (Å²) in [6.07, 6.45) is 3.28. The van der Waals surface area contributed by atoms with Crippen molar-refractivity contribution in [2.24, 2.45) is 0 Å². The summed E-state index contributed by atoms with van der Waals surface area (Å²) < 4.78 is 30.4. The van der Waals surface area contributed by atoms with E-state index in [0.29, 0.717) is 5.56 Å². The van der Waals surface area contributed by atoms with Gasteiger partial charge >= 0.3 is 5.22 Å². The molecule has 1 unspecified atom stereocenters. The first-order valence-electron chi connectivity index (χ1n) is 6.09. The van der Waals surface area contributed by atoms with Crippen LogP contribution in [0.2, 0.25) is 0 Å². The fourth-order valence-electron chi connectivity index (χ4n) is 1.71. The molecule has 2 heterocycles. The van der Waals surface area contributed by atoms with Crippen molar-refractivity contribution in [1.82, 2.24) is 15.2 Å². The van der Waals surface area contributed by atoms with Crippen LogP contribution in [0, 0.1) is 5.82 Å². The first-order chi connectivity index (χ1) is 10.2. The number of halogens is 1. The second kappa shape index (κ2) is 5.92. The molecule has 3 rings (SSSR count). The molecule has 1 aromatic carbocycles. The fraction of sp³-hybridized carbons (Fsp3) is 0.0714. The Balaban J connectivity index is 1.78. The minimum Gasteiger partial charge on any atom is -0.410 e. The lowest BCUT2D eigenvalue weighted by atomic mass is 10.2. The predicted molar refractivity (Wildman–Crippen MR) is 74.0 cm³/mol. The van der Waals surface area contributed by atoms with Gasteiger partial charge in [-0.1, -0.05) is 11.2 Å². The average Bonchev–Trinajstić information content (AvgIpc) is 2.99. The van der Waals surface area contributed by atoms with Gasteiger partial charge in [-0.15, -0.1) is 5.10 Å². The molecule has 0 saturated carbocycles. The van der Waals surface area contributed by atoms with Crippen molar-refractivity contribution in [2.45, 2.75) is 11.0 Å². The van der Waals surface area contributed by atoms with Crippen LogP contribution in [-0.4, -0.2) is 19.4 Å². The van der Waals surface area contributed by atoms with E-state index in [4.69, 9.17) is 4.42 Å². The van der Waals surface area contributed by atoms with Gasteiger partial charge in [0.1, 0.15) is 16.6 Å². The summed E-state index contributed by atoms with van der Waals surface area (Å²) in [6.45, 7) is 0. The number of hydrogen-bond donors (Lipinski definition) is 0. The summed E-state index contributed by atoms with van der Waals surface area (Å²) in [5.74, 6) is 0.113. The van der Waals surface area contributed by atoms with Gasteiger partial charge in [0.05, 0.1) is 5.75 Å². The number of benzene rings is 1. The Hall–Kier alpha value is -2.41. The molecule has 0 N–H and O–H groups in total. The summed E-state index contributed by atoms with van der Waals surface area (Å²) in [6, 6.07) is 9.23. The predicted octanol–water partition coefficient (Wildman–Crippen LogP) is 2.58. The van der Waals surface area contributed by atoms with Crippen LogP contribution in [0.4, 0.5) is 4.39 Å². The molecule has 0 spiro atoms. The van der Waals surface area contributed by atoms with Gasteiger partial charge in [-0.05, 0) is 35.9 Å². The Morgan fingerprint density at radius 1 is 1.14 bits per heavy atom. The highest BCUT2D eigenvalue weighted by Gasteiger charge is 2.15. The molecular weight excluding hydrogens is 293 g/mol. The van der Waals surface area contributed by atoms with E-state index in [1.165, 1.54) is 24.3 Å². The number of nitrogens with zero attached hydrogens (tertiary/aromatic N) is 3. The largest absolute Gasteiger partial charge is 0.410 e. The molecule has 7 heteroatoms. The van der Waals surface area contributed by atoms with Gasteiger partial charge in [0.2, 0.25) is 5.89 Å². The normalized spacial score (nSPS) is 12.2. The van der Waals surface area contributed by atoms with Gasteiger partial charge in [0, 0.05) is 18.0 Å². The standard InChI is InChI=1S/C14H10FN3O2S/c15-12-5-3-11(4-6-12)13-17-18-14(20-13)21(19)9-10-2-1-7-16-8-10/h1-8H,9H2. The Labute approximate surface area is 122 Å². The summed E-state index contributed by atoms with van der Waals surface area (Å²) in [4.78, 5) is 3.96. The lowest BCUT2D eigenvalue weighted by molar-refractivity contribution is 0.455. The minimum atomic E-state index is -1.45. The molecule has 106 valence electrons. The van der Waals surface area contributed by atoms with Crippen LogP contribution < -0.4 is 0 Å². The topological polar surface area (TPSA) is 68.9 Å². The highest BCUT2D eigenvalue weighted by Crippen LogP contribution is 2.20. The van der Waals surface area contributed by atoms with Crippen molar-refractivity contribution in [3.05, 3.63) is 60.2 Å². The van der Waals surface area contributed by atoms with Crippen molar-refractivity contribution < 1.29 is 13.0 Å². The van der Waals surface area contributed by atoms with E-state index in [1.807, 2.05) is 6.07 Å². The lowest BCUT2D eigenvalue weighted by Crippen LogP contribution is -1.97. The molecule has 1 atom stereocenters. The van der Waals surface area contributed by atoms with E-state index in [-0.39, 0.29) is 22.7 Å². The van der Waals surface area contributed by atoms with Crippen molar-refractivity contribution in [2.75, 3.05) is 0 Å². The van der Waals surface area contributed by atoms with Crippen molar-refractivity contribution >= 4 is 10.8 Å². The number of aromatic nitrogens is 3. The molecule has 21 heavy (non-hydrogen) atoms. The number of rotatable bonds is 4. The van der Waals surface area contributed by atoms with Gasteiger partial charge in [0.15, 0.2) is 0 Å². The number of hydrogen-bond acceptors (Lipinski definition) is 5. The monoisotopic (exact) mass is 303 g/mol. The molecule has 2 aromatic heterocycles. The molecule has 3 aromatic rings. The van der Waals surface area contributed by atoms with Crippen LogP contribution >= 0.6 is 0 Å². The summed E-state index contributed by atoms with van der Waals surface area (Å²) in [5, 5.41) is 7.65. The zero-order valence-electron chi connectivity index (χ0n) is 10.8. The van der Waals surface area contributed by atoms with Crippen LogP contribution in [0.25, 0.3) is 11.5 Å². The van der Waals surface area contributed by atoms with Crippen molar-refractivity contribution in [1.29, 1.82) is 0 Å². The van der Waals surface area contributed by atoms with Crippen LogP contribution in [0.3, 0.4) is 0 Å². The van der Waals surface area contributed by atoms with Gasteiger partial charge in [-0.3, -0.25) is 4.98 Å². The highest BCUT2D eigenvalue weighted by molar-refractivity contribution is 7.84. The smallest absolute Gasteiger partial charge is 0.308 e. The summed E-state index contributed by atoms with van der Waals surface area (Å²) in [5.41, 5.74) is 1.39. The summed E-state index contributed by atoms with van der Waals surface area (Å²) >= 11 is 0. The van der Waals surface area contributed by atoms with E-state index >= 15 is 0 Å². The van der Waals surface area contributed by atoms with E-state index < -0.39 is 10.8 Å². The lowest BCUT2D eigenvalue weighted by Gasteiger charge is -1.97. The third-order valence-electron chi connectivity index (χ3n) is 2.71. The molecule has 0 saturated heterocycles. The van der Waals surface area contributed by atoms with Gasteiger partial charge in [0.25, 0.3) is 0 Å². The number of pyridine rings is 1. The zero-order valence-corrected chi connectivity index (χ0v) is 11.6. The van der Waals surface area contributed by atoms with Gasteiger partial charge in [-0.25, -0.2) is 8.60 Å². The van der Waals surface area contributed by atoms with E-state index in [2.05, 4.69) is 15.2 Å². The maximum absolute atomic E-state index is 12.9. The third kappa shape index (κ3) is 3.19. The van der Waals surface area contributed by atoms with Crippen LogP contribution in [-0.2, 0) is 16.6 Å². The second-order valence-corrected chi connectivity index (χ2v) is 5.56. The van der Waals surface area contributed by atoms with Crippen molar-refractivity contribution in [3.63, 3.8) is 0 Å². The van der Waals surface area contributed by atoms with Gasteiger partial charge in [-0.2, -0.15) is 0 Å². The third-order valence-corrected chi connectivity index (χ3v) is 3.86. The van der Waals surface area contributed by atoms with E-state index in [0.717, 1.165) is 5.56 Å². The summed E-state index contributed by atoms with van der Waals surface area (Å²) in [7, 11) is -1.45. The molecule has 0 aliphatic heterocycles. The first kappa shape index (κ1) is 13.6. The SMILES string of the molecule is O=S(Cc1cccnc1)c1nnc(-c2ccc(F)cc2)o1. The second-order valence-electron chi connectivity index (χ2n) is 4.23. The molecule has 0 bridgehead atoms. The minimum absolute atomic E-state index is 0.0400. The molecule has 0 fully saturated rings. The molecule has 0 aliphatic carbocycles. The maximum atomic E-state index is 12.9. The van der Waals surface area contributed by atoms with Crippen LogP contribution in [0.15, 0.2) is 58.4 Å². The molecule has 0 radical (unpaired) electrons. The van der Waals surface area contributed by atoms with Gasteiger partial charge < -0.3 is 4.42 Å².